The van der Waals surface area contributed by atoms with E-state index in [-0.39, 0.29) is 6.42 Å². The summed E-state index contributed by atoms with van der Waals surface area (Å²) in [6.45, 7) is 2.25. The first-order chi connectivity index (χ1) is 10.2. The van der Waals surface area contributed by atoms with Crippen molar-refractivity contribution >= 4 is 5.97 Å². The van der Waals surface area contributed by atoms with Crippen LogP contribution in [0.25, 0.3) is 0 Å². The molecule has 2 N–H and O–H groups in total. The van der Waals surface area contributed by atoms with Gasteiger partial charge >= 0.3 is 5.97 Å². The average molecular weight is 298 g/mol. The van der Waals surface area contributed by atoms with E-state index in [1.807, 2.05) is 0 Å². The third-order valence-corrected chi connectivity index (χ3v) is 3.74. The van der Waals surface area contributed by atoms with Gasteiger partial charge in [-0.05, 0) is 38.5 Å². The minimum Gasteiger partial charge on any atom is -0.481 e. The summed E-state index contributed by atoms with van der Waals surface area (Å²) in [6.07, 6.45) is 17.6. The number of unbranched alkanes of at least 4 members (excludes halogenated alkanes) is 8. The Morgan fingerprint density at radius 1 is 0.905 bits per heavy atom. The number of hydrogen-bond acceptors (Lipinski definition) is 2. The summed E-state index contributed by atoms with van der Waals surface area (Å²) in [7, 11) is 0. The maximum absolute atomic E-state index is 10.4. The molecule has 0 aliphatic heterocycles. The highest BCUT2D eigenvalue weighted by Crippen LogP contribution is 2.10. The van der Waals surface area contributed by atoms with Crippen molar-refractivity contribution in [2.45, 2.75) is 96.5 Å². The Morgan fingerprint density at radius 3 is 2.10 bits per heavy atom. The zero-order chi connectivity index (χ0) is 15.8. The highest BCUT2D eigenvalue weighted by Gasteiger charge is 2.05. The van der Waals surface area contributed by atoms with Crippen molar-refractivity contribution in [2.24, 2.45) is 0 Å². The highest BCUT2D eigenvalue weighted by molar-refractivity contribution is 5.66. The fourth-order valence-electron chi connectivity index (χ4n) is 2.36. The lowest BCUT2D eigenvalue weighted by Crippen LogP contribution is -2.08. The molecular formula is C18H34O3. The Bertz CT molecular complexity index is 261. The van der Waals surface area contributed by atoms with Gasteiger partial charge in [0.15, 0.2) is 0 Å². The van der Waals surface area contributed by atoms with Crippen LogP contribution in [-0.2, 0) is 4.79 Å². The third kappa shape index (κ3) is 17.1. The molecule has 1 unspecified atom stereocenters. The van der Waals surface area contributed by atoms with Gasteiger partial charge in [0.25, 0.3) is 0 Å². The summed E-state index contributed by atoms with van der Waals surface area (Å²) in [5.74, 6) is -0.830. The lowest BCUT2D eigenvalue weighted by atomic mass is 10.1. The summed E-state index contributed by atoms with van der Waals surface area (Å²) < 4.78 is 0. The number of aliphatic carboxylic acids is 1. The lowest BCUT2D eigenvalue weighted by molar-refractivity contribution is -0.137. The molecule has 0 aromatic heterocycles. The number of hydrogen-bond donors (Lipinski definition) is 2. The van der Waals surface area contributed by atoms with Crippen LogP contribution in [0.1, 0.15) is 90.4 Å². The molecular weight excluding hydrogens is 264 g/mol. The van der Waals surface area contributed by atoms with Crippen molar-refractivity contribution in [3.05, 3.63) is 12.2 Å². The van der Waals surface area contributed by atoms with Gasteiger partial charge in [0.1, 0.15) is 0 Å². The fourth-order valence-corrected chi connectivity index (χ4v) is 2.36. The van der Waals surface area contributed by atoms with E-state index in [1.165, 1.54) is 44.9 Å². The summed E-state index contributed by atoms with van der Waals surface area (Å²) in [5, 5.41) is 18.1. The molecule has 0 saturated heterocycles. The van der Waals surface area contributed by atoms with Gasteiger partial charge in [0.05, 0.1) is 6.10 Å². The smallest absolute Gasteiger partial charge is 0.303 e. The fraction of sp³-hybridized carbons (Fsp3) is 0.833. The Morgan fingerprint density at radius 2 is 1.48 bits per heavy atom. The van der Waals surface area contributed by atoms with Gasteiger partial charge in [-0.3, -0.25) is 4.79 Å². The molecule has 0 heterocycles. The second-order valence-corrected chi connectivity index (χ2v) is 5.90. The predicted octanol–water partition coefficient (Wildman–Crippen LogP) is 5.08. The molecule has 0 aromatic rings. The molecule has 0 aliphatic carbocycles. The van der Waals surface area contributed by atoms with Gasteiger partial charge in [0, 0.05) is 6.42 Å². The van der Waals surface area contributed by atoms with E-state index in [9.17, 15) is 9.90 Å². The largest absolute Gasteiger partial charge is 0.481 e. The van der Waals surface area contributed by atoms with Gasteiger partial charge < -0.3 is 10.2 Å². The van der Waals surface area contributed by atoms with Crippen molar-refractivity contribution in [3.8, 4) is 0 Å². The maximum Gasteiger partial charge on any atom is 0.303 e. The van der Waals surface area contributed by atoms with Gasteiger partial charge in [-0.1, -0.05) is 57.6 Å². The van der Waals surface area contributed by atoms with E-state index < -0.39 is 12.1 Å². The number of allylic oxidation sites excluding steroid dienone is 2. The summed E-state index contributed by atoms with van der Waals surface area (Å²) >= 11 is 0. The van der Waals surface area contributed by atoms with Crippen LogP contribution in [0.2, 0.25) is 0 Å². The first kappa shape index (κ1) is 20.2. The monoisotopic (exact) mass is 298 g/mol. The van der Waals surface area contributed by atoms with Crippen LogP contribution in [0, 0.1) is 0 Å². The average Bonchev–Trinajstić information content (AvgIpc) is 2.46. The first-order valence-electron chi connectivity index (χ1n) is 8.71. The van der Waals surface area contributed by atoms with Crippen LogP contribution in [0.3, 0.4) is 0 Å². The molecule has 1 atom stereocenters. The first-order valence-corrected chi connectivity index (χ1v) is 8.71. The molecule has 124 valence electrons. The number of carboxylic acid groups (broad SMARTS) is 1. The van der Waals surface area contributed by atoms with Crippen LogP contribution >= 0.6 is 0 Å². The second-order valence-electron chi connectivity index (χ2n) is 5.90. The van der Waals surface area contributed by atoms with Crippen molar-refractivity contribution < 1.29 is 15.0 Å². The minimum atomic E-state index is -0.830. The van der Waals surface area contributed by atoms with Crippen molar-refractivity contribution in [2.75, 3.05) is 0 Å². The highest BCUT2D eigenvalue weighted by atomic mass is 16.4. The third-order valence-electron chi connectivity index (χ3n) is 3.74. The van der Waals surface area contributed by atoms with Crippen molar-refractivity contribution in [1.82, 2.24) is 0 Å². The van der Waals surface area contributed by atoms with Crippen LogP contribution in [0.15, 0.2) is 12.2 Å². The zero-order valence-electron chi connectivity index (χ0n) is 13.7. The lowest BCUT2D eigenvalue weighted by Gasteiger charge is -2.07. The number of rotatable bonds is 15. The van der Waals surface area contributed by atoms with E-state index in [0.717, 1.165) is 19.3 Å². The topological polar surface area (TPSA) is 57.5 Å². The second kappa shape index (κ2) is 15.6. The molecule has 0 radical (unpaired) electrons. The molecule has 0 aliphatic rings. The Kier molecular flexibility index (Phi) is 14.9. The molecule has 0 bridgehead atoms. The standard InChI is InChI=1S/C18H34O3/c1-2-3-4-5-6-7-8-9-10-11-12-13-14-17(19)15-16-18(20)21/h10-11,17,19H,2-9,12-16H2,1H3,(H,20,21)/b11-10+. The molecule has 0 aromatic carbocycles. The molecule has 3 heteroatoms. The summed E-state index contributed by atoms with van der Waals surface area (Å²) in [5.41, 5.74) is 0. The van der Waals surface area contributed by atoms with E-state index in [4.69, 9.17) is 5.11 Å². The van der Waals surface area contributed by atoms with Crippen molar-refractivity contribution in [1.29, 1.82) is 0 Å². The minimum absolute atomic E-state index is 0.0647. The van der Waals surface area contributed by atoms with Gasteiger partial charge in [-0.25, -0.2) is 0 Å². The molecule has 21 heavy (non-hydrogen) atoms. The number of aliphatic hydroxyl groups excluding tert-OH is 1. The number of carboxylic acids is 1. The quantitative estimate of drug-likeness (QED) is 0.327. The van der Waals surface area contributed by atoms with Crippen LogP contribution in [0.5, 0.6) is 0 Å². The summed E-state index contributed by atoms with van der Waals surface area (Å²) in [6, 6.07) is 0. The van der Waals surface area contributed by atoms with Crippen LogP contribution in [-0.4, -0.2) is 22.3 Å². The van der Waals surface area contributed by atoms with Crippen LogP contribution in [0.4, 0.5) is 0 Å². The SMILES string of the molecule is CCCCCCCCC/C=C/CCCC(O)CCC(=O)O. The molecule has 0 saturated carbocycles. The predicted molar refractivity (Wildman–Crippen MR) is 88.5 cm³/mol. The molecule has 0 amide bonds. The Balaban J connectivity index is 3.23. The van der Waals surface area contributed by atoms with E-state index in [2.05, 4.69) is 19.1 Å². The zero-order valence-corrected chi connectivity index (χ0v) is 13.7. The van der Waals surface area contributed by atoms with E-state index in [1.54, 1.807) is 0 Å². The number of aliphatic hydroxyl groups is 1. The molecule has 0 spiro atoms. The number of carbonyl (C=O) groups is 1. The summed E-state index contributed by atoms with van der Waals surface area (Å²) in [4.78, 5) is 10.4. The molecule has 0 fully saturated rings. The van der Waals surface area contributed by atoms with Gasteiger partial charge in [-0.15, -0.1) is 0 Å². The van der Waals surface area contributed by atoms with E-state index >= 15 is 0 Å². The van der Waals surface area contributed by atoms with E-state index in [0.29, 0.717) is 12.8 Å². The molecule has 3 nitrogen and oxygen atoms in total. The maximum atomic E-state index is 10.4. The van der Waals surface area contributed by atoms with Gasteiger partial charge in [0.2, 0.25) is 0 Å². The molecule has 0 rings (SSSR count). The normalized spacial score (nSPS) is 12.9. The van der Waals surface area contributed by atoms with Crippen LogP contribution < -0.4 is 0 Å². The Labute approximate surface area is 130 Å². The van der Waals surface area contributed by atoms with Crippen molar-refractivity contribution in [3.63, 3.8) is 0 Å². The van der Waals surface area contributed by atoms with Gasteiger partial charge in [-0.2, -0.15) is 0 Å². The Hall–Kier alpha value is -0.830.